The average Bonchev–Trinajstić information content (AvgIpc) is 2.92. The minimum atomic E-state index is -1.14. The zero-order valence-corrected chi connectivity index (χ0v) is 25.0. The SMILES string of the molecule is CC.CC.CC.CC.CC(=O)Nc1c(C)c(C(=O)NCC(O)CO)c(C)c(C(=O)NCC(O)CO)c1C. The highest BCUT2D eigenvalue weighted by Gasteiger charge is 2.26. The van der Waals surface area contributed by atoms with Crippen molar-refractivity contribution in [2.45, 2.75) is 95.3 Å². The van der Waals surface area contributed by atoms with Crippen LogP contribution in [0.3, 0.4) is 0 Å². The molecule has 218 valence electrons. The van der Waals surface area contributed by atoms with E-state index >= 15 is 0 Å². The number of benzene rings is 1. The van der Waals surface area contributed by atoms with Crippen LogP contribution in [0.1, 0.15) is 99.7 Å². The van der Waals surface area contributed by atoms with E-state index in [1.807, 2.05) is 55.4 Å². The average molecular weight is 532 g/mol. The first-order valence-corrected chi connectivity index (χ1v) is 13.1. The van der Waals surface area contributed by atoms with Gasteiger partial charge in [-0.25, -0.2) is 0 Å². The van der Waals surface area contributed by atoms with E-state index in [0.29, 0.717) is 22.4 Å². The van der Waals surface area contributed by atoms with Gasteiger partial charge in [0.05, 0.1) is 25.4 Å². The summed E-state index contributed by atoms with van der Waals surface area (Å²) >= 11 is 0. The quantitative estimate of drug-likeness (QED) is 0.257. The highest BCUT2D eigenvalue weighted by molar-refractivity contribution is 6.07. The van der Waals surface area contributed by atoms with Gasteiger partial charge in [-0.1, -0.05) is 55.4 Å². The van der Waals surface area contributed by atoms with Crippen LogP contribution >= 0.6 is 0 Å². The monoisotopic (exact) mass is 531 g/mol. The molecule has 0 saturated carbocycles. The van der Waals surface area contributed by atoms with Crippen LogP contribution in [0.15, 0.2) is 0 Å². The van der Waals surface area contributed by atoms with Crippen molar-refractivity contribution in [1.29, 1.82) is 0 Å². The number of nitrogens with one attached hydrogen (secondary N) is 3. The molecule has 0 heterocycles. The Kier molecular flexibility index (Phi) is 28.3. The van der Waals surface area contributed by atoms with Gasteiger partial charge in [-0.05, 0) is 37.5 Å². The van der Waals surface area contributed by atoms with Crippen LogP contribution in [0.4, 0.5) is 5.69 Å². The normalized spacial score (nSPS) is 10.7. The number of hydrogen-bond acceptors (Lipinski definition) is 7. The van der Waals surface area contributed by atoms with Crippen LogP contribution in [0.5, 0.6) is 0 Å². The van der Waals surface area contributed by atoms with E-state index in [4.69, 9.17) is 10.2 Å². The fraction of sp³-hybridized carbons (Fsp3) is 0.667. The third-order valence-electron chi connectivity index (χ3n) is 4.42. The number of aliphatic hydroxyl groups excluding tert-OH is 4. The molecule has 0 saturated heterocycles. The van der Waals surface area contributed by atoms with Gasteiger partial charge in [0.15, 0.2) is 0 Å². The van der Waals surface area contributed by atoms with Crippen molar-refractivity contribution in [2.75, 3.05) is 31.6 Å². The molecule has 10 nitrogen and oxygen atoms in total. The maximum Gasteiger partial charge on any atom is 0.252 e. The number of anilines is 1. The van der Waals surface area contributed by atoms with Gasteiger partial charge in [-0.15, -0.1) is 0 Å². The molecule has 0 fully saturated rings. The molecule has 2 atom stereocenters. The second kappa shape index (κ2) is 25.1. The Morgan fingerprint density at radius 3 is 1.19 bits per heavy atom. The Hall–Kier alpha value is -2.53. The Morgan fingerprint density at radius 2 is 0.946 bits per heavy atom. The number of aliphatic hydroxyl groups is 4. The maximum atomic E-state index is 12.7. The highest BCUT2D eigenvalue weighted by Crippen LogP contribution is 2.31. The lowest BCUT2D eigenvalue weighted by molar-refractivity contribution is -0.114. The molecular formula is C27H53N3O7. The number of hydrogen-bond donors (Lipinski definition) is 7. The first-order chi connectivity index (χ1) is 17.5. The summed E-state index contributed by atoms with van der Waals surface area (Å²) in [5.74, 6) is -1.55. The van der Waals surface area contributed by atoms with Crippen molar-refractivity contribution < 1.29 is 34.8 Å². The molecule has 3 amide bonds. The van der Waals surface area contributed by atoms with Crippen LogP contribution in [-0.2, 0) is 4.79 Å². The summed E-state index contributed by atoms with van der Waals surface area (Å²) in [5.41, 5.74) is 1.84. The molecule has 37 heavy (non-hydrogen) atoms. The van der Waals surface area contributed by atoms with Gasteiger partial charge in [0.2, 0.25) is 5.91 Å². The van der Waals surface area contributed by atoms with Crippen LogP contribution in [0, 0.1) is 20.8 Å². The molecule has 7 N–H and O–H groups in total. The van der Waals surface area contributed by atoms with Crippen LogP contribution < -0.4 is 16.0 Å². The van der Waals surface area contributed by atoms with E-state index in [-0.39, 0.29) is 30.1 Å². The summed E-state index contributed by atoms with van der Waals surface area (Å²) in [6.07, 6.45) is -2.27. The van der Waals surface area contributed by atoms with Crippen molar-refractivity contribution in [3.05, 3.63) is 27.8 Å². The lowest BCUT2D eigenvalue weighted by Crippen LogP contribution is -2.37. The molecule has 0 aliphatic rings. The Labute approximate surface area is 223 Å². The summed E-state index contributed by atoms with van der Waals surface area (Å²) in [5, 5.41) is 44.4. The number of amides is 3. The molecule has 10 heteroatoms. The van der Waals surface area contributed by atoms with Crippen molar-refractivity contribution in [3.8, 4) is 0 Å². The maximum absolute atomic E-state index is 12.7. The van der Waals surface area contributed by atoms with Gasteiger partial charge in [-0.2, -0.15) is 0 Å². The largest absolute Gasteiger partial charge is 0.394 e. The molecule has 1 aromatic rings. The van der Waals surface area contributed by atoms with Gasteiger partial charge < -0.3 is 36.4 Å². The molecule has 0 aromatic heterocycles. The molecule has 0 aliphatic heterocycles. The fourth-order valence-corrected chi connectivity index (χ4v) is 2.99. The lowest BCUT2D eigenvalue weighted by atomic mass is 9.90. The molecule has 1 rings (SSSR count). The van der Waals surface area contributed by atoms with Crippen molar-refractivity contribution in [1.82, 2.24) is 10.6 Å². The number of rotatable bonds is 9. The summed E-state index contributed by atoms with van der Waals surface area (Å²) in [4.78, 5) is 37.1. The van der Waals surface area contributed by atoms with Crippen LogP contribution in [0.2, 0.25) is 0 Å². The van der Waals surface area contributed by atoms with Gasteiger partial charge in [0.25, 0.3) is 11.8 Å². The fourth-order valence-electron chi connectivity index (χ4n) is 2.99. The predicted octanol–water partition coefficient (Wildman–Crippen LogP) is 2.84. The lowest BCUT2D eigenvalue weighted by Gasteiger charge is -2.22. The minimum Gasteiger partial charge on any atom is -0.394 e. The topological polar surface area (TPSA) is 168 Å². The first kappa shape index (κ1) is 41.6. The van der Waals surface area contributed by atoms with Gasteiger partial charge >= 0.3 is 0 Å². The van der Waals surface area contributed by atoms with E-state index in [9.17, 15) is 24.6 Å². The molecule has 0 spiro atoms. The van der Waals surface area contributed by atoms with E-state index in [2.05, 4.69) is 16.0 Å². The van der Waals surface area contributed by atoms with Crippen LogP contribution in [-0.4, -0.2) is 76.7 Å². The van der Waals surface area contributed by atoms with E-state index in [1.54, 1.807) is 20.8 Å². The predicted molar refractivity (Wildman–Crippen MR) is 151 cm³/mol. The van der Waals surface area contributed by atoms with E-state index in [1.165, 1.54) is 6.92 Å². The van der Waals surface area contributed by atoms with Gasteiger partial charge in [0, 0.05) is 36.8 Å². The van der Waals surface area contributed by atoms with Crippen molar-refractivity contribution in [3.63, 3.8) is 0 Å². The van der Waals surface area contributed by atoms with E-state index in [0.717, 1.165) is 0 Å². The minimum absolute atomic E-state index is 0.150. The summed E-state index contributed by atoms with van der Waals surface area (Å²) in [6, 6.07) is 0. The smallest absolute Gasteiger partial charge is 0.252 e. The third-order valence-corrected chi connectivity index (χ3v) is 4.42. The summed E-state index contributed by atoms with van der Waals surface area (Å²) in [6.45, 7) is 20.7. The molecule has 2 unspecified atom stereocenters. The summed E-state index contributed by atoms with van der Waals surface area (Å²) in [7, 11) is 0. The highest BCUT2D eigenvalue weighted by atomic mass is 16.3. The van der Waals surface area contributed by atoms with Gasteiger partial charge in [0.1, 0.15) is 0 Å². The molecular weight excluding hydrogens is 478 g/mol. The summed E-state index contributed by atoms with van der Waals surface area (Å²) < 4.78 is 0. The third kappa shape index (κ3) is 14.7. The second-order valence-electron chi connectivity index (χ2n) is 6.77. The van der Waals surface area contributed by atoms with Crippen molar-refractivity contribution in [2.24, 2.45) is 0 Å². The van der Waals surface area contributed by atoms with E-state index < -0.39 is 37.2 Å². The standard InChI is InChI=1S/C19H29N3O7.4C2H6/c1-9-15(18(28)20-5-13(26)7-23)10(2)17(22-12(4)25)11(3)16(9)19(29)21-6-14(27)8-24;4*1-2/h13-14,23-24,26-27H,5-8H2,1-4H3,(H,20,28)(H,21,29)(H,22,25);4*1-2H3. The van der Waals surface area contributed by atoms with Crippen molar-refractivity contribution >= 4 is 23.4 Å². The zero-order chi connectivity index (χ0) is 30.3. The molecule has 0 radical (unpaired) electrons. The Balaban J connectivity index is -0.000000617. The number of carbonyl (C=O) groups excluding carboxylic acids is 3. The zero-order valence-electron chi connectivity index (χ0n) is 25.0. The second-order valence-corrected chi connectivity index (χ2v) is 6.77. The van der Waals surface area contributed by atoms with Gasteiger partial charge in [-0.3, -0.25) is 14.4 Å². The molecule has 1 aromatic carbocycles. The van der Waals surface area contributed by atoms with Crippen LogP contribution in [0.25, 0.3) is 0 Å². The Bertz CT molecular complexity index is 731. The number of carbonyl (C=O) groups is 3. The Morgan fingerprint density at radius 1 is 0.649 bits per heavy atom. The molecule has 0 aliphatic carbocycles. The molecule has 0 bridgehead atoms. The first-order valence-electron chi connectivity index (χ1n) is 13.1.